The first-order valence-corrected chi connectivity index (χ1v) is 7.25. The Morgan fingerprint density at radius 1 is 1.38 bits per heavy atom. The van der Waals surface area contributed by atoms with Crippen LogP contribution in [0.25, 0.3) is 6.08 Å². The van der Waals surface area contributed by atoms with Gasteiger partial charge in [0.15, 0.2) is 5.11 Å². The van der Waals surface area contributed by atoms with Gasteiger partial charge >= 0.3 is 0 Å². The third kappa shape index (κ3) is 2.93. The lowest BCUT2D eigenvalue weighted by Crippen LogP contribution is -2.25. The number of benzene rings is 1. The number of rotatable bonds is 3. The summed E-state index contributed by atoms with van der Waals surface area (Å²) in [4.78, 5) is 13.5. The van der Waals surface area contributed by atoms with Crippen molar-refractivity contribution in [3.05, 3.63) is 34.5 Å². The molecule has 0 bridgehead atoms. The van der Waals surface area contributed by atoms with Crippen molar-refractivity contribution in [2.75, 3.05) is 14.2 Å². The van der Waals surface area contributed by atoms with Crippen LogP contribution in [0.1, 0.15) is 36.5 Å². The van der Waals surface area contributed by atoms with Crippen LogP contribution in [0.3, 0.4) is 0 Å². The number of methoxy groups -OCH3 is 1. The van der Waals surface area contributed by atoms with E-state index >= 15 is 0 Å². The normalized spacial score (nSPS) is 16.9. The summed E-state index contributed by atoms with van der Waals surface area (Å²) in [6, 6.07) is 4.07. The second kappa shape index (κ2) is 5.85. The topological polar surface area (TPSA) is 41.6 Å². The quantitative estimate of drug-likeness (QED) is 0.689. The Labute approximate surface area is 130 Å². The summed E-state index contributed by atoms with van der Waals surface area (Å²) in [7, 11) is 3.34. The van der Waals surface area contributed by atoms with E-state index < -0.39 is 0 Å². The van der Waals surface area contributed by atoms with Gasteiger partial charge in [-0.3, -0.25) is 9.69 Å². The first kappa shape index (κ1) is 15.5. The first-order valence-electron chi connectivity index (χ1n) is 6.84. The standard InChI is InChI=1S/C16H20N2O2S/c1-9(2)12-7-11(10(3)6-14(12)20-5)8-13-15(19)18(4)16(21)17-13/h6-9H,1-5H3,(H,17,21). The molecule has 0 aromatic heterocycles. The summed E-state index contributed by atoms with van der Waals surface area (Å²) in [5, 5.41) is 3.38. The Bertz CT molecular complexity index is 635. The molecule has 1 fully saturated rings. The molecule has 5 heteroatoms. The Morgan fingerprint density at radius 2 is 2.05 bits per heavy atom. The van der Waals surface area contributed by atoms with Crippen LogP contribution in [-0.4, -0.2) is 30.1 Å². The highest BCUT2D eigenvalue weighted by Gasteiger charge is 2.27. The van der Waals surface area contributed by atoms with E-state index in [-0.39, 0.29) is 5.91 Å². The average molecular weight is 304 g/mol. The summed E-state index contributed by atoms with van der Waals surface area (Å²) < 4.78 is 5.44. The first-order chi connectivity index (χ1) is 9.85. The molecule has 4 nitrogen and oxygen atoms in total. The zero-order chi connectivity index (χ0) is 15.7. The number of carbonyl (C=O) groups excluding carboxylic acids is 1. The van der Waals surface area contributed by atoms with E-state index in [0.717, 1.165) is 22.4 Å². The molecular weight excluding hydrogens is 284 g/mol. The fourth-order valence-corrected chi connectivity index (χ4v) is 2.47. The molecule has 0 aliphatic carbocycles. The lowest BCUT2D eigenvalue weighted by Gasteiger charge is -2.15. The number of thiocarbonyl (C=S) groups is 1. The third-order valence-corrected chi connectivity index (χ3v) is 4.00. The highest BCUT2D eigenvalue weighted by atomic mass is 32.1. The fraction of sp³-hybridized carbons (Fsp3) is 0.375. The van der Waals surface area contributed by atoms with Crippen LogP contribution in [-0.2, 0) is 4.79 Å². The van der Waals surface area contributed by atoms with E-state index in [0.29, 0.717) is 16.7 Å². The van der Waals surface area contributed by atoms with E-state index in [1.54, 1.807) is 14.2 Å². The molecule has 1 saturated heterocycles. The van der Waals surface area contributed by atoms with Crippen molar-refractivity contribution in [1.82, 2.24) is 10.2 Å². The van der Waals surface area contributed by atoms with E-state index in [4.69, 9.17) is 17.0 Å². The predicted molar refractivity (Wildman–Crippen MR) is 88.3 cm³/mol. The SMILES string of the molecule is COc1cc(C)c(C=C2NC(=S)N(C)C2=O)cc1C(C)C. The van der Waals surface area contributed by atoms with Gasteiger partial charge < -0.3 is 10.1 Å². The van der Waals surface area contributed by atoms with Crippen molar-refractivity contribution in [2.45, 2.75) is 26.7 Å². The number of aryl methyl sites for hydroxylation is 1. The van der Waals surface area contributed by atoms with Gasteiger partial charge in [-0.25, -0.2) is 0 Å². The second-order valence-corrected chi connectivity index (χ2v) is 5.84. The minimum atomic E-state index is -0.110. The van der Waals surface area contributed by atoms with Crippen LogP contribution in [0.4, 0.5) is 0 Å². The molecule has 0 radical (unpaired) electrons. The predicted octanol–water partition coefficient (Wildman–Crippen LogP) is 2.81. The number of carbonyl (C=O) groups is 1. The molecule has 1 heterocycles. The van der Waals surface area contributed by atoms with Crippen molar-refractivity contribution in [1.29, 1.82) is 0 Å². The summed E-state index contributed by atoms with van der Waals surface area (Å²) in [5.74, 6) is 1.11. The Kier molecular flexibility index (Phi) is 4.32. The molecule has 112 valence electrons. The van der Waals surface area contributed by atoms with Gasteiger partial charge in [-0.05, 0) is 60.0 Å². The average Bonchev–Trinajstić information content (AvgIpc) is 2.67. The Balaban J connectivity index is 2.48. The zero-order valence-electron chi connectivity index (χ0n) is 13.0. The molecule has 0 unspecified atom stereocenters. The Hall–Kier alpha value is -1.88. The molecule has 1 aromatic rings. The van der Waals surface area contributed by atoms with Crippen LogP contribution in [0, 0.1) is 6.92 Å². The van der Waals surface area contributed by atoms with Crippen LogP contribution in [0.5, 0.6) is 5.75 Å². The maximum atomic E-state index is 12.1. The molecular formula is C16H20N2O2S. The maximum absolute atomic E-state index is 12.1. The zero-order valence-corrected chi connectivity index (χ0v) is 13.8. The molecule has 0 atom stereocenters. The molecule has 1 aliphatic rings. The van der Waals surface area contributed by atoms with Crippen LogP contribution in [0.15, 0.2) is 17.8 Å². The lowest BCUT2D eigenvalue weighted by molar-refractivity contribution is -0.121. The third-order valence-electron chi connectivity index (χ3n) is 3.62. The molecule has 21 heavy (non-hydrogen) atoms. The second-order valence-electron chi connectivity index (χ2n) is 5.46. The van der Waals surface area contributed by atoms with Gasteiger partial charge in [0.2, 0.25) is 0 Å². The van der Waals surface area contributed by atoms with Crippen molar-refractivity contribution < 1.29 is 9.53 Å². The molecule has 2 rings (SSSR count). The largest absolute Gasteiger partial charge is 0.496 e. The molecule has 0 spiro atoms. The molecule has 1 aliphatic heterocycles. The number of amides is 1. The van der Waals surface area contributed by atoms with Gasteiger partial charge in [-0.1, -0.05) is 13.8 Å². The number of hydrogen-bond donors (Lipinski definition) is 1. The van der Waals surface area contributed by atoms with Gasteiger partial charge in [0.1, 0.15) is 11.4 Å². The number of ether oxygens (including phenoxy) is 1. The molecule has 0 saturated carbocycles. The summed E-state index contributed by atoms with van der Waals surface area (Å²) in [6.07, 6.45) is 1.85. The maximum Gasteiger partial charge on any atom is 0.276 e. The van der Waals surface area contributed by atoms with Crippen molar-refractivity contribution in [3.63, 3.8) is 0 Å². The molecule has 1 aromatic carbocycles. The number of likely N-dealkylation sites (N-methyl/N-ethyl adjacent to an activating group) is 1. The fourth-order valence-electron chi connectivity index (χ4n) is 2.28. The van der Waals surface area contributed by atoms with E-state index in [1.807, 2.05) is 19.1 Å². The van der Waals surface area contributed by atoms with Crippen molar-refractivity contribution >= 4 is 29.3 Å². The molecule has 1 N–H and O–H groups in total. The number of nitrogens with one attached hydrogen (secondary N) is 1. The smallest absolute Gasteiger partial charge is 0.276 e. The van der Waals surface area contributed by atoms with Gasteiger partial charge in [0, 0.05) is 7.05 Å². The summed E-state index contributed by atoms with van der Waals surface area (Å²) in [6.45, 7) is 6.23. The Morgan fingerprint density at radius 3 is 2.52 bits per heavy atom. The lowest BCUT2D eigenvalue weighted by atomic mass is 9.96. The highest BCUT2D eigenvalue weighted by molar-refractivity contribution is 7.80. The van der Waals surface area contributed by atoms with Gasteiger partial charge in [-0.15, -0.1) is 0 Å². The monoisotopic (exact) mass is 304 g/mol. The summed E-state index contributed by atoms with van der Waals surface area (Å²) in [5.41, 5.74) is 3.68. The van der Waals surface area contributed by atoms with Gasteiger partial charge in [0.05, 0.1) is 7.11 Å². The highest BCUT2D eigenvalue weighted by Crippen LogP contribution is 2.30. The van der Waals surface area contributed by atoms with E-state index in [9.17, 15) is 4.79 Å². The van der Waals surface area contributed by atoms with Crippen molar-refractivity contribution in [2.24, 2.45) is 0 Å². The van der Waals surface area contributed by atoms with Crippen LogP contribution >= 0.6 is 12.2 Å². The van der Waals surface area contributed by atoms with Crippen LogP contribution < -0.4 is 10.1 Å². The van der Waals surface area contributed by atoms with Crippen LogP contribution in [0.2, 0.25) is 0 Å². The van der Waals surface area contributed by atoms with Gasteiger partial charge in [0.25, 0.3) is 5.91 Å². The molecule has 1 amide bonds. The number of nitrogens with zero attached hydrogens (tertiary/aromatic N) is 1. The summed E-state index contributed by atoms with van der Waals surface area (Å²) >= 11 is 5.08. The number of hydrogen-bond acceptors (Lipinski definition) is 3. The minimum Gasteiger partial charge on any atom is -0.496 e. The van der Waals surface area contributed by atoms with E-state index in [2.05, 4.69) is 25.2 Å². The minimum absolute atomic E-state index is 0.110. The van der Waals surface area contributed by atoms with Gasteiger partial charge in [-0.2, -0.15) is 0 Å². The van der Waals surface area contributed by atoms with Crippen molar-refractivity contribution in [3.8, 4) is 5.75 Å². The van der Waals surface area contributed by atoms with E-state index in [1.165, 1.54) is 4.90 Å².